The summed E-state index contributed by atoms with van der Waals surface area (Å²) in [6.07, 6.45) is 3.00. The third kappa shape index (κ3) is 1.94. The zero-order valence-electron chi connectivity index (χ0n) is 7.88. The Hall–Kier alpha value is -1.56. The summed E-state index contributed by atoms with van der Waals surface area (Å²) in [5, 5.41) is 7.33. The van der Waals surface area contributed by atoms with Crippen LogP contribution in [0.5, 0.6) is 0 Å². The average Bonchev–Trinajstić information content (AvgIpc) is 2.65. The Labute approximate surface area is 94.3 Å². The molecule has 0 aliphatic carbocycles. The van der Waals surface area contributed by atoms with Crippen LogP contribution in [-0.4, -0.2) is 25.8 Å². The molecule has 0 radical (unpaired) electrons. The van der Waals surface area contributed by atoms with Crippen LogP contribution in [0.15, 0.2) is 29.0 Å². The molecule has 0 saturated carbocycles. The monoisotopic (exact) mass is 266 g/mol. The Balaban J connectivity index is 2.37. The first-order chi connectivity index (χ1) is 7.18. The lowest BCUT2D eigenvalue weighted by Crippen LogP contribution is -2.09. The summed E-state index contributed by atoms with van der Waals surface area (Å²) < 4.78 is 2.26. The van der Waals surface area contributed by atoms with Crippen LogP contribution in [0.4, 0.5) is 0 Å². The third-order valence-corrected chi connectivity index (χ3v) is 2.38. The second-order valence-electron chi connectivity index (χ2n) is 2.93. The van der Waals surface area contributed by atoms with Crippen molar-refractivity contribution in [2.24, 2.45) is 7.05 Å². The van der Waals surface area contributed by atoms with Gasteiger partial charge in [-0.25, -0.2) is 4.68 Å². The SMILES string of the molecule is Cn1nncc1C(=O)c1ccc(Br)cn1. The minimum atomic E-state index is -0.185. The molecule has 0 amide bonds. The van der Waals surface area contributed by atoms with Crippen LogP contribution in [-0.2, 0) is 7.05 Å². The fourth-order valence-corrected chi connectivity index (χ4v) is 1.37. The van der Waals surface area contributed by atoms with E-state index in [2.05, 4.69) is 31.2 Å². The lowest BCUT2D eigenvalue weighted by molar-refractivity contribution is 0.102. The van der Waals surface area contributed by atoms with Crippen molar-refractivity contribution in [3.8, 4) is 0 Å². The number of carbonyl (C=O) groups excluding carboxylic acids is 1. The number of aryl methyl sites for hydroxylation is 1. The summed E-state index contributed by atoms with van der Waals surface area (Å²) in [5.74, 6) is -0.185. The van der Waals surface area contributed by atoms with E-state index >= 15 is 0 Å². The molecular weight excluding hydrogens is 260 g/mol. The van der Waals surface area contributed by atoms with Crippen molar-refractivity contribution in [1.29, 1.82) is 0 Å². The van der Waals surface area contributed by atoms with Gasteiger partial charge in [0.15, 0.2) is 0 Å². The highest BCUT2D eigenvalue weighted by Crippen LogP contribution is 2.10. The van der Waals surface area contributed by atoms with E-state index in [0.29, 0.717) is 11.4 Å². The highest BCUT2D eigenvalue weighted by atomic mass is 79.9. The van der Waals surface area contributed by atoms with Crippen molar-refractivity contribution in [3.63, 3.8) is 0 Å². The molecule has 0 aliphatic heterocycles. The standard InChI is InChI=1S/C9H7BrN4O/c1-14-8(5-12-13-14)9(15)7-3-2-6(10)4-11-7/h2-5H,1H3. The van der Waals surface area contributed by atoms with Gasteiger partial charge in [0.05, 0.1) is 6.20 Å². The van der Waals surface area contributed by atoms with Gasteiger partial charge in [-0.2, -0.15) is 0 Å². The molecule has 2 heterocycles. The van der Waals surface area contributed by atoms with E-state index in [-0.39, 0.29) is 5.78 Å². The number of pyridine rings is 1. The van der Waals surface area contributed by atoms with Crippen LogP contribution in [0.1, 0.15) is 16.2 Å². The maximum atomic E-state index is 11.9. The molecule has 5 nitrogen and oxygen atoms in total. The van der Waals surface area contributed by atoms with Gasteiger partial charge in [0.1, 0.15) is 11.4 Å². The lowest BCUT2D eigenvalue weighted by atomic mass is 10.2. The van der Waals surface area contributed by atoms with Gasteiger partial charge in [-0.3, -0.25) is 9.78 Å². The Bertz CT molecular complexity index is 491. The molecule has 0 aliphatic rings. The molecule has 0 bridgehead atoms. The molecule has 2 aromatic rings. The first-order valence-electron chi connectivity index (χ1n) is 4.19. The summed E-state index contributed by atoms with van der Waals surface area (Å²) in [6, 6.07) is 3.42. The molecule has 0 aromatic carbocycles. The summed E-state index contributed by atoms with van der Waals surface area (Å²) in [5.41, 5.74) is 0.799. The quantitative estimate of drug-likeness (QED) is 0.767. The molecule has 15 heavy (non-hydrogen) atoms. The van der Waals surface area contributed by atoms with E-state index in [1.807, 2.05) is 0 Å². The van der Waals surface area contributed by atoms with E-state index in [1.54, 1.807) is 25.4 Å². The molecule has 0 spiro atoms. The number of halogens is 1. The molecule has 76 valence electrons. The van der Waals surface area contributed by atoms with Crippen LogP contribution < -0.4 is 0 Å². The minimum absolute atomic E-state index is 0.185. The predicted molar refractivity (Wildman–Crippen MR) is 56.4 cm³/mol. The number of rotatable bonds is 2. The van der Waals surface area contributed by atoms with Crippen molar-refractivity contribution in [2.75, 3.05) is 0 Å². The van der Waals surface area contributed by atoms with Crippen molar-refractivity contribution in [2.45, 2.75) is 0 Å². The number of ketones is 1. The summed E-state index contributed by atoms with van der Waals surface area (Å²) in [4.78, 5) is 15.9. The minimum Gasteiger partial charge on any atom is -0.285 e. The van der Waals surface area contributed by atoms with Gasteiger partial charge in [-0.1, -0.05) is 5.21 Å². The van der Waals surface area contributed by atoms with E-state index in [9.17, 15) is 4.79 Å². The summed E-state index contributed by atoms with van der Waals surface area (Å²) in [7, 11) is 1.67. The topological polar surface area (TPSA) is 60.7 Å². The summed E-state index contributed by atoms with van der Waals surface area (Å²) >= 11 is 3.25. The fourth-order valence-electron chi connectivity index (χ4n) is 1.14. The molecule has 0 atom stereocenters. The van der Waals surface area contributed by atoms with Crippen molar-refractivity contribution < 1.29 is 4.79 Å². The van der Waals surface area contributed by atoms with Crippen LogP contribution >= 0.6 is 15.9 Å². The van der Waals surface area contributed by atoms with Gasteiger partial charge in [0.25, 0.3) is 0 Å². The van der Waals surface area contributed by atoms with E-state index in [1.165, 1.54) is 10.9 Å². The maximum absolute atomic E-state index is 11.9. The molecule has 2 rings (SSSR count). The van der Waals surface area contributed by atoms with Gasteiger partial charge in [-0.15, -0.1) is 5.10 Å². The van der Waals surface area contributed by atoms with Crippen molar-refractivity contribution in [1.82, 2.24) is 20.0 Å². The highest BCUT2D eigenvalue weighted by molar-refractivity contribution is 9.10. The van der Waals surface area contributed by atoms with Crippen LogP contribution in [0.3, 0.4) is 0 Å². The van der Waals surface area contributed by atoms with E-state index < -0.39 is 0 Å². The van der Waals surface area contributed by atoms with Crippen LogP contribution in [0.25, 0.3) is 0 Å². The van der Waals surface area contributed by atoms with Gasteiger partial charge >= 0.3 is 0 Å². The molecule has 0 fully saturated rings. The van der Waals surface area contributed by atoms with Crippen molar-refractivity contribution >= 4 is 21.7 Å². The largest absolute Gasteiger partial charge is 0.285 e. The molecule has 2 aromatic heterocycles. The van der Waals surface area contributed by atoms with E-state index in [0.717, 1.165) is 4.47 Å². The molecular formula is C9H7BrN4O. The average molecular weight is 267 g/mol. The predicted octanol–water partition coefficient (Wildman–Crippen LogP) is 1.20. The molecule has 0 N–H and O–H groups in total. The second-order valence-corrected chi connectivity index (χ2v) is 3.85. The Morgan fingerprint density at radius 2 is 2.20 bits per heavy atom. The zero-order valence-corrected chi connectivity index (χ0v) is 9.47. The van der Waals surface area contributed by atoms with Gasteiger partial charge in [-0.05, 0) is 28.1 Å². The smallest absolute Gasteiger partial charge is 0.230 e. The first-order valence-corrected chi connectivity index (χ1v) is 4.98. The van der Waals surface area contributed by atoms with Crippen molar-refractivity contribution in [3.05, 3.63) is 40.4 Å². The normalized spacial score (nSPS) is 10.3. The third-order valence-electron chi connectivity index (χ3n) is 1.91. The van der Waals surface area contributed by atoms with Crippen LogP contribution in [0, 0.1) is 0 Å². The number of hydrogen-bond donors (Lipinski definition) is 0. The number of hydrogen-bond acceptors (Lipinski definition) is 4. The Morgan fingerprint density at radius 1 is 1.40 bits per heavy atom. The van der Waals surface area contributed by atoms with Crippen LogP contribution in [0.2, 0.25) is 0 Å². The molecule has 6 heteroatoms. The molecule has 0 unspecified atom stereocenters. The van der Waals surface area contributed by atoms with Gasteiger partial charge in [0.2, 0.25) is 5.78 Å². The Morgan fingerprint density at radius 3 is 2.73 bits per heavy atom. The summed E-state index contributed by atoms with van der Waals surface area (Å²) in [6.45, 7) is 0. The fraction of sp³-hybridized carbons (Fsp3) is 0.111. The lowest BCUT2D eigenvalue weighted by Gasteiger charge is -1.99. The van der Waals surface area contributed by atoms with Gasteiger partial charge in [0, 0.05) is 17.7 Å². The van der Waals surface area contributed by atoms with Gasteiger partial charge < -0.3 is 0 Å². The Kier molecular flexibility index (Phi) is 2.59. The van der Waals surface area contributed by atoms with E-state index in [4.69, 9.17) is 0 Å². The highest BCUT2D eigenvalue weighted by Gasteiger charge is 2.14. The maximum Gasteiger partial charge on any atom is 0.230 e. The second kappa shape index (κ2) is 3.90. The number of carbonyl (C=O) groups is 1. The molecule has 0 saturated heterocycles. The zero-order chi connectivity index (χ0) is 10.8. The first kappa shape index (κ1) is 9.97. The number of aromatic nitrogens is 4. The number of nitrogens with zero attached hydrogens (tertiary/aromatic N) is 4.